The van der Waals surface area contributed by atoms with Crippen LogP contribution in [0.3, 0.4) is 0 Å². The Bertz CT molecular complexity index is 490. The van der Waals surface area contributed by atoms with E-state index < -0.39 is 24.7 Å². The van der Waals surface area contributed by atoms with Crippen LogP contribution in [0.5, 0.6) is 11.5 Å². The standard InChI is InChI=1S/C12H14F3NO4/c1-16(6-10(18)12(13,14)15)11(19)8-5-7(20-2)3-4-9(8)17/h3-5,10,17-18H,6H2,1-2H3/t10-/m1/s1. The lowest BCUT2D eigenvalue weighted by Gasteiger charge is -2.22. The lowest BCUT2D eigenvalue weighted by atomic mass is 10.1. The number of rotatable bonds is 4. The van der Waals surface area contributed by atoms with Crippen molar-refractivity contribution in [1.29, 1.82) is 0 Å². The first kappa shape index (κ1) is 16.1. The number of methoxy groups -OCH3 is 1. The molecule has 0 spiro atoms. The summed E-state index contributed by atoms with van der Waals surface area (Å²) in [5.74, 6) is -0.968. The number of hydrogen-bond donors (Lipinski definition) is 2. The molecule has 0 unspecified atom stereocenters. The van der Waals surface area contributed by atoms with Gasteiger partial charge in [0.15, 0.2) is 6.10 Å². The fourth-order valence-electron chi connectivity index (χ4n) is 1.46. The number of hydrogen-bond acceptors (Lipinski definition) is 4. The Kier molecular flexibility index (Phi) is 4.83. The average Bonchev–Trinajstić information content (AvgIpc) is 2.37. The van der Waals surface area contributed by atoms with E-state index >= 15 is 0 Å². The molecule has 0 saturated carbocycles. The van der Waals surface area contributed by atoms with Crippen molar-refractivity contribution in [2.75, 3.05) is 20.7 Å². The van der Waals surface area contributed by atoms with Crippen LogP contribution in [-0.2, 0) is 0 Å². The van der Waals surface area contributed by atoms with E-state index in [1.54, 1.807) is 0 Å². The quantitative estimate of drug-likeness (QED) is 0.880. The number of phenolic OH excluding ortho intramolecular Hbond substituents is 1. The fraction of sp³-hybridized carbons (Fsp3) is 0.417. The van der Waals surface area contributed by atoms with E-state index in [9.17, 15) is 23.1 Å². The number of likely N-dealkylation sites (N-methyl/N-ethyl adjacent to an activating group) is 1. The second kappa shape index (κ2) is 6.00. The van der Waals surface area contributed by atoms with Gasteiger partial charge in [-0.05, 0) is 18.2 Å². The number of ether oxygens (including phenoxy) is 1. The molecule has 5 nitrogen and oxygen atoms in total. The highest BCUT2D eigenvalue weighted by molar-refractivity contribution is 5.97. The van der Waals surface area contributed by atoms with Gasteiger partial charge in [0.2, 0.25) is 0 Å². The zero-order chi connectivity index (χ0) is 15.5. The molecule has 2 N–H and O–H groups in total. The molecule has 0 aliphatic carbocycles. The maximum Gasteiger partial charge on any atom is 0.416 e. The van der Waals surface area contributed by atoms with Crippen molar-refractivity contribution in [1.82, 2.24) is 4.90 Å². The summed E-state index contributed by atoms with van der Waals surface area (Å²) >= 11 is 0. The molecule has 1 atom stereocenters. The summed E-state index contributed by atoms with van der Waals surface area (Å²) in [6, 6.07) is 3.80. The van der Waals surface area contributed by atoms with Crippen molar-refractivity contribution < 1.29 is 32.9 Å². The largest absolute Gasteiger partial charge is 0.507 e. The predicted octanol–water partition coefficient (Wildman–Crippen LogP) is 1.40. The van der Waals surface area contributed by atoms with E-state index in [1.807, 2.05) is 0 Å². The van der Waals surface area contributed by atoms with E-state index in [0.29, 0.717) is 4.90 Å². The molecule has 0 bridgehead atoms. The van der Waals surface area contributed by atoms with Crippen LogP contribution in [0.25, 0.3) is 0 Å². The van der Waals surface area contributed by atoms with Crippen LogP contribution in [0.1, 0.15) is 10.4 Å². The van der Waals surface area contributed by atoms with E-state index in [-0.39, 0.29) is 17.1 Å². The lowest BCUT2D eigenvalue weighted by Crippen LogP contribution is -2.41. The molecular weight excluding hydrogens is 279 g/mol. The minimum atomic E-state index is -4.81. The van der Waals surface area contributed by atoms with Gasteiger partial charge in [-0.3, -0.25) is 4.79 Å². The molecular formula is C12H14F3NO4. The molecule has 0 aliphatic rings. The molecule has 0 fully saturated rings. The summed E-state index contributed by atoms with van der Waals surface area (Å²) in [5, 5.41) is 18.5. The average molecular weight is 293 g/mol. The Morgan fingerprint density at radius 2 is 2.05 bits per heavy atom. The van der Waals surface area contributed by atoms with Gasteiger partial charge in [-0.15, -0.1) is 0 Å². The van der Waals surface area contributed by atoms with Crippen molar-refractivity contribution in [3.8, 4) is 11.5 Å². The number of carbonyl (C=O) groups excluding carboxylic acids is 1. The van der Waals surface area contributed by atoms with E-state index in [0.717, 1.165) is 7.05 Å². The van der Waals surface area contributed by atoms with Crippen molar-refractivity contribution in [3.63, 3.8) is 0 Å². The van der Waals surface area contributed by atoms with Crippen LogP contribution >= 0.6 is 0 Å². The van der Waals surface area contributed by atoms with Gasteiger partial charge in [0.25, 0.3) is 5.91 Å². The highest BCUT2D eigenvalue weighted by Crippen LogP contribution is 2.25. The summed E-state index contributed by atoms with van der Waals surface area (Å²) in [5.41, 5.74) is -0.207. The molecule has 1 aromatic rings. The van der Waals surface area contributed by atoms with Crippen LogP contribution in [-0.4, -0.2) is 54.0 Å². The zero-order valence-corrected chi connectivity index (χ0v) is 10.8. The SMILES string of the molecule is COc1ccc(O)c(C(=O)N(C)C[C@@H](O)C(F)(F)F)c1. The third kappa shape index (κ3) is 3.77. The van der Waals surface area contributed by atoms with Crippen LogP contribution in [0, 0.1) is 0 Å². The van der Waals surface area contributed by atoms with Crippen LogP contribution < -0.4 is 4.74 Å². The molecule has 1 amide bonds. The second-order valence-corrected chi connectivity index (χ2v) is 4.13. The van der Waals surface area contributed by atoms with Crippen molar-refractivity contribution >= 4 is 5.91 Å². The maximum atomic E-state index is 12.2. The van der Waals surface area contributed by atoms with Crippen molar-refractivity contribution in [3.05, 3.63) is 23.8 Å². The molecule has 0 aromatic heterocycles. The Morgan fingerprint density at radius 1 is 1.45 bits per heavy atom. The predicted molar refractivity (Wildman–Crippen MR) is 63.7 cm³/mol. The van der Waals surface area contributed by atoms with Gasteiger partial charge in [0.05, 0.1) is 19.2 Å². The number of phenols is 1. The minimum Gasteiger partial charge on any atom is -0.507 e. The lowest BCUT2D eigenvalue weighted by molar-refractivity contribution is -0.205. The molecule has 1 aromatic carbocycles. The number of alkyl halides is 3. The normalized spacial score (nSPS) is 12.9. The van der Waals surface area contributed by atoms with Gasteiger partial charge in [0, 0.05) is 7.05 Å². The smallest absolute Gasteiger partial charge is 0.416 e. The molecule has 0 radical (unpaired) electrons. The second-order valence-electron chi connectivity index (χ2n) is 4.13. The Balaban J connectivity index is 2.89. The Morgan fingerprint density at radius 3 is 2.55 bits per heavy atom. The van der Waals surface area contributed by atoms with Crippen LogP contribution in [0.15, 0.2) is 18.2 Å². The number of amides is 1. The number of halogens is 3. The Hall–Kier alpha value is -1.96. The van der Waals surface area contributed by atoms with E-state index in [4.69, 9.17) is 9.84 Å². The number of aliphatic hydroxyl groups is 1. The zero-order valence-electron chi connectivity index (χ0n) is 10.8. The monoisotopic (exact) mass is 293 g/mol. The molecule has 112 valence electrons. The van der Waals surface area contributed by atoms with Gasteiger partial charge in [0.1, 0.15) is 11.5 Å². The van der Waals surface area contributed by atoms with Gasteiger partial charge in [-0.2, -0.15) is 13.2 Å². The van der Waals surface area contributed by atoms with Gasteiger partial charge in [-0.1, -0.05) is 0 Å². The summed E-state index contributed by atoms with van der Waals surface area (Å²) in [6.45, 7) is -0.932. The molecule has 20 heavy (non-hydrogen) atoms. The first-order valence-electron chi connectivity index (χ1n) is 5.54. The van der Waals surface area contributed by atoms with Crippen molar-refractivity contribution in [2.24, 2.45) is 0 Å². The number of nitrogens with zero attached hydrogens (tertiary/aromatic N) is 1. The van der Waals surface area contributed by atoms with Crippen molar-refractivity contribution in [2.45, 2.75) is 12.3 Å². The summed E-state index contributed by atoms with van der Waals surface area (Å²) in [4.78, 5) is 12.6. The fourth-order valence-corrected chi connectivity index (χ4v) is 1.46. The highest BCUT2D eigenvalue weighted by Gasteiger charge is 2.39. The number of aliphatic hydroxyl groups excluding tert-OH is 1. The van der Waals surface area contributed by atoms with Gasteiger partial charge < -0.3 is 19.8 Å². The number of carbonyl (C=O) groups is 1. The maximum absolute atomic E-state index is 12.2. The van der Waals surface area contributed by atoms with E-state index in [1.165, 1.54) is 25.3 Å². The first-order chi connectivity index (χ1) is 9.16. The third-order valence-electron chi connectivity index (χ3n) is 2.61. The summed E-state index contributed by atoms with van der Waals surface area (Å²) in [7, 11) is 2.44. The summed E-state index contributed by atoms with van der Waals surface area (Å²) < 4.78 is 41.5. The third-order valence-corrected chi connectivity index (χ3v) is 2.61. The van der Waals surface area contributed by atoms with Crippen LogP contribution in [0.4, 0.5) is 13.2 Å². The van der Waals surface area contributed by atoms with Crippen LogP contribution in [0.2, 0.25) is 0 Å². The minimum absolute atomic E-state index is 0.207. The molecule has 0 saturated heterocycles. The summed E-state index contributed by atoms with van der Waals surface area (Å²) in [6.07, 6.45) is -7.46. The van der Waals surface area contributed by atoms with Gasteiger partial charge >= 0.3 is 6.18 Å². The highest BCUT2D eigenvalue weighted by atomic mass is 19.4. The molecule has 0 aliphatic heterocycles. The Labute approximate surface area is 113 Å². The molecule has 8 heteroatoms. The van der Waals surface area contributed by atoms with E-state index in [2.05, 4.69) is 0 Å². The molecule has 1 rings (SSSR count). The topological polar surface area (TPSA) is 70.0 Å². The number of aromatic hydroxyl groups is 1. The first-order valence-corrected chi connectivity index (χ1v) is 5.54. The molecule has 0 heterocycles. The number of benzene rings is 1. The van der Waals surface area contributed by atoms with Gasteiger partial charge in [-0.25, -0.2) is 0 Å².